The van der Waals surface area contributed by atoms with Gasteiger partial charge in [0.25, 0.3) is 0 Å². The Labute approximate surface area is 156 Å². The fourth-order valence-corrected chi connectivity index (χ4v) is 3.12. The van der Waals surface area contributed by atoms with E-state index in [1.165, 1.54) is 0 Å². The van der Waals surface area contributed by atoms with Crippen molar-refractivity contribution >= 4 is 17.7 Å². The molecule has 0 aliphatic carbocycles. The number of para-hydroxylation sites is 1. The molecule has 2 aromatic rings. The van der Waals surface area contributed by atoms with E-state index in [4.69, 9.17) is 14.2 Å². The normalized spacial score (nSPS) is 17.7. The predicted octanol–water partition coefficient (Wildman–Crippen LogP) is 2.49. The Hall–Kier alpha value is -3.22. The van der Waals surface area contributed by atoms with Crippen LogP contribution in [0, 0.1) is 0 Å². The zero-order valence-electron chi connectivity index (χ0n) is 14.7. The van der Waals surface area contributed by atoms with Gasteiger partial charge in [-0.05, 0) is 36.2 Å². The number of carbonyl (C=O) groups is 2. The third-order valence-corrected chi connectivity index (χ3v) is 4.55. The number of amides is 2. The standard InChI is InChI=1S/C20H20N2O5/c23-19(9-7-14-6-8-17-18(10-14)26-13-25-17)21-11-16-12-22(20(24)27-16)15-4-2-1-3-5-15/h1-6,8,10,16H,7,9,11-13H2,(H,21,23). The summed E-state index contributed by atoms with van der Waals surface area (Å²) in [5.41, 5.74) is 1.80. The third kappa shape index (κ3) is 3.97. The lowest BCUT2D eigenvalue weighted by atomic mass is 10.1. The van der Waals surface area contributed by atoms with Crippen LogP contribution < -0.4 is 19.7 Å². The van der Waals surface area contributed by atoms with Crippen LogP contribution in [0.25, 0.3) is 0 Å². The van der Waals surface area contributed by atoms with E-state index in [9.17, 15) is 9.59 Å². The van der Waals surface area contributed by atoms with Gasteiger partial charge in [-0.15, -0.1) is 0 Å². The quantitative estimate of drug-likeness (QED) is 0.848. The molecule has 1 N–H and O–H groups in total. The number of fused-ring (bicyclic) bond motifs is 1. The van der Waals surface area contributed by atoms with E-state index >= 15 is 0 Å². The Kier molecular flexibility index (Phi) is 4.82. The molecule has 2 aliphatic rings. The Morgan fingerprint density at radius 1 is 1.11 bits per heavy atom. The molecule has 27 heavy (non-hydrogen) atoms. The SMILES string of the molecule is O=C(CCc1ccc2c(c1)OCO2)NCC1CN(c2ccccc2)C(=O)O1. The van der Waals surface area contributed by atoms with Gasteiger partial charge in [-0.2, -0.15) is 0 Å². The predicted molar refractivity (Wildman–Crippen MR) is 98.0 cm³/mol. The van der Waals surface area contributed by atoms with Crippen LogP contribution in [0.1, 0.15) is 12.0 Å². The van der Waals surface area contributed by atoms with Gasteiger partial charge in [0, 0.05) is 12.1 Å². The highest BCUT2D eigenvalue weighted by Crippen LogP contribution is 2.32. The maximum absolute atomic E-state index is 12.1. The lowest BCUT2D eigenvalue weighted by molar-refractivity contribution is -0.121. The van der Waals surface area contributed by atoms with Gasteiger partial charge < -0.3 is 19.5 Å². The topological polar surface area (TPSA) is 77.1 Å². The molecule has 2 aliphatic heterocycles. The number of anilines is 1. The molecule has 1 saturated heterocycles. The molecule has 140 valence electrons. The fourth-order valence-electron chi connectivity index (χ4n) is 3.12. The van der Waals surface area contributed by atoms with Crippen LogP contribution in [0.5, 0.6) is 11.5 Å². The van der Waals surface area contributed by atoms with Crippen molar-refractivity contribution in [2.24, 2.45) is 0 Å². The average Bonchev–Trinajstić information content (AvgIpc) is 3.31. The van der Waals surface area contributed by atoms with Gasteiger partial charge in [-0.25, -0.2) is 4.79 Å². The Bertz CT molecular complexity index is 840. The molecular weight excluding hydrogens is 348 g/mol. The van der Waals surface area contributed by atoms with E-state index in [1.807, 2.05) is 48.5 Å². The van der Waals surface area contributed by atoms with Crippen molar-refractivity contribution in [1.29, 1.82) is 0 Å². The summed E-state index contributed by atoms with van der Waals surface area (Å²) in [6, 6.07) is 15.0. The molecule has 0 aromatic heterocycles. The first kappa shape index (κ1) is 17.2. The second-order valence-electron chi connectivity index (χ2n) is 6.44. The van der Waals surface area contributed by atoms with Crippen molar-refractivity contribution in [1.82, 2.24) is 5.32 Å². The second kappa shape index (κ2) is 7.57. The van der Waals surface area contributed by atoms with Crippen LogP contribution in [0.2, 0.25) is 0 Å². The summed E-state index contributed by atoms with van der Waals surface area (Å²) in [5.74, 6) is 1.36. The molecule has 2 aromatic carbocycles. The molecule has 4 rings (SSSR count). The minimum absolute atomic E-state index is 0.0816. The fraction of sp³-hybridized carbons (Fsp3) is 0.300. The maximum Gasteiger partial charge on any atom is 0.414 e. The van der Waals surface area contributed by atoms with Gasteiger partial charge >= 0.3 is 6.09 Å². The van der Waals surface area contributed by atoms with E-state index in [0.717, 1.165) is 17.0 Å². The van der Waals surface area contributed by atoms with E-state index < -0.39 is 0 Å². The molecule has 2 amide bonds. The molecule has 7 nitrogen and oxygen atoms in total. The first-order valence-electron chi connectivity index (χ1n) is 8.87. The summed E-state index contributed by atoms with van der Waals surface area (Å²) < 4.78 is 16.0. The highest BCUT2D eigenvalue weighted by molar-refractivity contribution is 5.89. The van der Waals surface area contributed by atoms with Crippen LogP contribution in [0.4, 0.5) is 10.5 Å². The number of nitrogens with one attached hydrogen (secondary N) is 1. The monoisotopic (exact) mass is 368 g/mol. The van der Waals surface area contributed by atoms with Crippen LogP contribution in [0.3, 0.4) is 0 Å². The largest absolute Gasteiger partial charge is 0.454 e. The number of ether oxygens (including phenoxy) is 3. The first-order chi connectivity index (χ1) is 13.2. The lowest BCUT2D eigenvalue weighted by Gasteiger charge is -2.12. The van der Waals surface area contributed by atoms with E-state index in [0.29, 0.717) is 31.7 Å². The number of rotatable bonds is 6. The Morgan fingerprint density at radius 3 is 2.78 bits per heavy atom. The number of carbonyl (C=O) groups excluding carboxylic acids is 2. The molecular formula is C20H20N2O5. The third-order valence-electron chi connectivity index (χ3n) is 4.55. The zero-order valence-corrected chi connectivity index (χ0v) is 14.7. The summed E-state index contributed by atoms with van der Waals surface area (Å²) in [6.07, 6.45) is 0.208. The number of aryl methyl sites for hydroxylation is 1. The molecule has 0 bridgehead atoms. The van der Waals surface area contributed by atoms with E-state index in [1.54, 1.807) is 4.90 Å². The minimum Gasteiger partial charge on any atom is -0.454 e. The second-order valence-corrected chi connectivity index (χ2v) is 6.44. The maximum atomic E-state index is 12.1. The van der Waals surface area contributed by atoms with Crippen LogP contribution in [-0.2, 0) is 16.0 Å². The highest BCUT2D eigenvalue weighted by Gasteiger charge is 2.32. The minimum atomic E-state index is -0.388. The molecule has 7 heteroatoms. The lowest BCUT2D eigenvalue weighted by Crippen LogP contribution is -2.34. The zero-order chi connectivity index (χ0) is 18.6. The van der Waals surface area contributed by atoms with E-state index in [-0.39, 0.29) is 24.9 Å². The summed E-state index contributed by atoms with van der Waals surface area (Å²) in [5, 5.41) is 2.84. The summed E-state index contributed by atoms with van der Waals surface area (Å²) >= 11 is 0. The van der Waals surface area contributed by atoms with Gasteiger partial charge in [0.2, 0.25) is 12.7 Å². The number of nitrogens with zero attached hydrogens (tertiary/aromatic N) is 1. The number of hydrogen-bond acceptors (Lipinski definition) is 5. The summed E-state index contributed by atoms with van der Waals surface area (Å²) in [4.78, 5) is 25.7. The number of cyclic esters (lactones) is 1. The first-order valence-corrected chi connectivity index (χ1v) is 8.87. The summed E-state index contributed by atoms with van der Waals surface area (Å²) in [6.45, 7) is 0.958. The van der Waals surface area contributed by atoms with Crippen molar-refractivity contribution in [3.63, 3.8) is 0 Å². The Balaban J connectivity index is 1.23. The highest BCUT2D eigenvalue weighted by atomic mass is 16.7. The van der Waals surface area contributed by atoms with Crippen molar-refractivity contribution in [2.75, 3.05) is 24.8 Å². The van der Waals surface area contributed by atoms with Gasteiger partial charge in [-0.1, -0.05) is 24.3 Å². The molecule has 0 spiro atoms. The van der Waals surface area contributed by atoms with Crippen molar-refractivity contribution in [2.45, 2.75) is 18.9 Å². The molecule has 1 atom stereocenters. The average molecular weight is 368 g/mol. The van der Waals surface area contributed by atoms with Crippen molar-refractivity contribution in [3.05, 3.63) is 54.1 Å². The van der Waals surface area contributed by atoms with Crippen molar-refractivity contribution in [3.8, 4) is 11.5 Å². The van der Waals surface area contributed by atoms with Gasteiger partial charge in [-0.3, -0.25) is 9.69 Å². The smallest absolute Gasteiger partial charge is 0.414 e. The summed E-state index contributed by atoms with van der Waals surface area (Å²) in [7, 11) is 0. The van der Waals surface area contributed by atoms with Crippen LogP contribution >= 0.6 is 0 Å². The van der Waals surface area contributed by atoms with Gasteiger partial charge in [0.15, 0.2) is 11.5 Å². The Morgan fingerprint density at radius 2 is 1.93 bits per heavy atom. The molecule has 0 radical (unpaired) electrons. The number of benzene rings is 2. The van der Waals surface area contributed by atoms with E-state index in [2.05, 4.69) is 5.32 Å². The van der Waals surface area contributed by atoms with Gasteiger partial charge in [0.1, 0.15) is 6.10 Å². The van der Waals surface area contributed by atoms with Crippen LogP contribution in [-0.4, -0.2) is 38.0 Å². The van der Waals surface area contributed by atoms with Gasteiger partial charge in [0.05, 0.1) is 13.1 Å². The molecule has 0 saturated carbocycles. The van der Waals surface area contributed by atoms with Crippen molar-refractivity contribution < 1.29 is 23.8 Å². The molecule has 2 heterocycles. The van der Waals surface area contributed by atoms with Crippen LogP contribution in [0.15, 0.2) is 48.5 Å². The molecule has 1 unspecified atom stereocenters. The number of hydrogen-bond donors (Lipinski definition) is 1. The molecule has 1 fully saturated rings.